The Morgan fingerprint density at radius 1 is 0.786 bits per heavy atom. The van der Waals surface area contributed by atoms with Crippen molar-refractivity contribution >= 4 is 19.6 Å². The molecule has 0 radical (unpaired) electrons. The highest BCUT2D eigenvalue weighted by Crippen LogP contribution is 2.28. The minimum absolute atomic E-state index is 0.0634. The van der Waals surface area contributed by atoms with Crippen LogP contribution in [0.4, 0.5) is 11.4 Å². The third-order valence-corrected chi connectivity index (χ3v) is 4.50. The van der Waals surface area contributed by atoms with E-state index in [9.17, 15) is 24.8 Å². The van der Waals surface area contributed by atoms with Gasteiger partial charge in [-0.25, -0.2) is 0 Å². The molecule has 28 heavy (non-hydrogen) atoms. The maximum atomic E-state index is 11.8. The van der Waals surface area contributed by atoms with E-state index in [0.29, 0.717) is 11.1 Å². The Bertz CT molecular complexity index is 776. The van der Waals surface area contributed by atoms with Crippen LogP contribution in [0.25, 0.3) is 0 Å². The van der Waals surface area contributed by atoms with Crippen molar-refractivity contribution in [1.29, 1.82) is 0 Å². The van der Waals surface area contributed by atoms with Gasteiger partial charge in [-0.1, -0.05) is 24.3 Å². The molecule has 2 atom stereocenters. The van der Waals surface area contributed by atoms with Crippen LogP contribution in [0.3, 0.4) is 0 Å². The molecule has 2 aromatic rings. The number of nitrogens with two attached hydrogens (primary N) is 2. The van der Waals surface area contributed by atoms with Gasteiger partial charge in [-0.2, -0.15) is 0 Å². The molecule has 0 fully saturated rings. The van der Waals surface area contributed by atoms with Gasteiger partial charge in [0.1, 0.15) is 13.2 Å². The Hall–Kier alpha value is -2.82. The third-order valence-electron chi connectivity index (χ3n) is 3.78. The number of non-ortho nitro benzene ring substituents is 2. The monoisotopic (exact) mass is 409 g/mol. The summed E-state index contributed by atoms with van der Waals surface area (Å²) in [5.74, 6) is 0. The van der Waals surface area contributed by atoms with Crippen LogP contribution in [0.1, 0.15) is 23.2 Å². The Labute approximate surface area is 160 Å². The zero-order chi connectivity index (χ0) is 20.7. The molecule has 0 aliphatic heterocycles. The third kappa shape index (κ3) is 6.12. The zero-order valence-electron chi connectivity index (χ0n) is 14.5. The molecule has 0 saturated heterocycles. The summed E-state index contributed by atoms with van der Waals surface area (Å²) in [5.41, 5.74) is 12.8. The van der Waals surface area contributed by atoms with Gasteiger partial charge in [0.05, 0.1) is 21.9 Å². The number of rotatable bonds is 10. The summed E-state index contributed by atoms with van der Waals surface area (Å²) in [6.07, 6.45) is 0. The average Bonchev–Trinajstić information content (AvgIpc) is 2.70. The van der Waals surface area contributed by atoms with Crippen LogP contribution >= 0.6 is 8.25 Å². The van der Waals surface area contributed by atoms with Crippen LogP contribution in [0.5, 0.6) is 0 Å². The van der Waals surface area contributed by atoms with Crippen molar-refractivity contribution in [2.24, 2.45) is 11.5 Å². The summed E-state index contributed by atoms with van der Waals surface area (Å²) in [7, 11) is -2.49. The van der Waals surface area contributed by atoms with Gasteiger partial charge >= 0.3 is 8.25 Å². The molecule has 12 heteroatoms. The van der Waals surface area contributed by atoms with Crippen LogP contribution in [-0.2, 0) is 13.6 Å². The zero-order valence-corrected chi connectivity index (χ0v) is 15.4. The second-order valence-electron chi connectivity index (χ2n) is 5.73. The molecular formula is C16H18N4O7P+. The van der Waals surface area contributed by atoms with Crippen molar-refractivity contribution in [3.63, 3.8) is 0 Å². The second-order valence-corrected chi connectivity index (χ2v) is 6.69. The van der Waals surface area contributed by atoms with Crippen LogP contribution in [-0.4, -0.2) is 23.1 Å². The first kappa shape index (κ1) is 21.5. The van der Waals surface area contributed by atoms with Crippen molar-refractivity contribution in [3.8, 4) is 0 Å². The molecule has 148 valence electrons. The van der Waals surface area contributed by atoms with Crippen LogP contribution in [0.15, 0.2) is 48.5 Å². The van der Waals surface area contributed by atoms with Crippen molar-refractivity contribution in [1.82, 2.24) is 0 Å². The molecule has 0 heterocycles. The van der Waals surface area contributed by atoms with Crippen LogP contribution in [0.2, 0.25) is 0 Å². The largest absolute Gasteiger partial charge is 0.697 e. The van der Waals surface area contributed by atoms with Gasteiger partial charge in [-0.15, -0.1) is 9.05 Å². The van der Waals surface area contributed by atoms with E-state index < -0.39 is 30.2 Å². The van der Waals surface area contributed by atoms with Crippen LogP contribution in [0, 0.1) is 20.2 Å². The van der Waals surface area contributed by atoms with Crippen LogP contribution < -0.4 is 11.5 Å². The number of benzene rings is 2. The highest BCUT2D eigenvalue weighted by molar-refractivity contribution is 7.33. The maximum Gasteiger partial charge on any atom is 0.697 e. The fourth-order valence-electron chi connectivity index (χ4n) is 2.20. The van der Waals surface area contributed by atoms with E-state index in [1.165, 1.54) is 48.5 Å². The van der Waals surface area contributed by atoms with Gasteiger partial charge in [0.15, 0.2) is 0 Å². The summed E-state index contributed by atoms with van der Waals surface area (Å²) in [6.45, 7) is -0.250. The van der Waals surface area contributed by atoms with Crippen molar-refractivity contribution in [2.45, 2.75) is 12.1 Å². The fourth-order valence-corrected chi connectivity index (χ4v) is 2.84. The summed E-state index contributed by atoms with van der Waals surface area (Å²) < 4.78 is 21.9. The topological polar surface area (TPSA) is 174 Å². The number of nitro benzene ring substituents is 2. The summed E-state index contributed by atoms with van der Waals surface area (Å²) >= 11 is 0. The average molecular weight is 409 g/mol. The van der Waals surface area contributed by atoms with Gasteiger partial charge in [-0.05, 0) is 11.1 Å². The maximum absolute atomic E-state index is 11.8. The van der Waals surface area contributed by atoms with Gasteiger partial charge in [0.2, 0.25) is 0 Å². The van der Waals surface area contributed by atoms with Gasteiger partial charge < -0.3 is 11.5 Å². The minimum atomic E-state index is -2.49. The lowest BCUT2D eigenvalue weighted by Crippen LogP contribution is -2.17. The summed E-state index contributed by atoms with van der Waals surface area (Å²) in [5, 5.41) is 21.3. The molecule has 2 unspecified atom stereocenters. The summed E-state index contributed by atoms with van der Waals surface area (Å²) in [6, 6.07) is 9.93. The number of hydrogen-bond acceptors (Lipinski definition) is 9. The molecule has 11 nitrogen and oxygen atoms in total. The van der Waals surface area contributed by atoms with Gasteiger partial charge in [0, 0.05) is 28.8 Å². The van der Waals surface area contributed by atoms with E-state index in [4.69, 9.17) is 20.5 Å². The SMILES string of the molecule is NC(CO[P+](=O)OCC(N)c1ccc([N+](=O)[O-])cc1)c1ccc([N+](=O)[O-])cc1. The highest BCUT2D eigenvalue weighted by Gasteiger charge is 2.25. The highest BCUT2D eigenvalue weighted by atomic mass is 31.1. The predicted octanol–water partition coefficient (Wildman–Crippen LogP) is 2.89. The van der Waals surface area contributed by atoms with Crippen molar-refractivity contribution < 1.29 is 23.5 Å². The van der Waals surface area contributed by atoms with Gasteiger partial charge in [0.25, 0.3) is 11.4 Å². The Morgan fingerprint density at radius 2 is 1.11 bits per heavy atom. The van der Waals surface area contributed by atoms with E-state index in [-0.39, 0.29) is 24.6 Å². The van der Waals surface area contributed by atoms with E-state index in [2.05, 4.69) is 0 Å². The molecule has 4 N–H and O–H groups in total. The molecule has 0 aromatic heterocycles. The first-order valence-corrected chi connectivity index (χ1v) is 9.10. The molecular weight excluding hydrogens is 391 g/mol. The molecule has 0 bridgehead atoms. The predicted molar refractivity (Wildman–Crippen MR) is 99.6 cm³/mol. The molecule has 2 aromatic carbocycles. The van der Waals surface area contributed by atoms with E-state index >= 15 is 0 Å². The lowest BCUT2D eigenvalue weighted by molar-refractivity contribution is -0.385. The standard InChI is InChI=1S/C16H18N4O7P/c17-15(11-1-5-13(6-2-11)19(21)22)9-26-28(25)27-10-16(18)12-3-7-14(8-4-12)20(23)24/h1-8,15-16H,9-10,17-18H2/q+1. The molecule has 0 spiro atoms. The van der Waals surface area contributed by atoms with E-state index in [1.54, 1.807) is 0 Å². The smallest absolute Gasteiger partial charge is 0.322 e. The Kier molecular flexibility index (Phi) is 7.61. The molecule has 0 aliphatic carbocycles. The fraction of sp³-hybridized carbons (Fsp3) is 0.250. The Morgan fingerprint density at radius 3 is 1.39 bits per heavy atom. The molecule has 0 amide bonds. The Balaban J connectivity index is 1.78. The van der Waals surface area contributed by atoms with Crippen molar-refractivity contribution in [3.05, 3.63) is 79.9 Å². The van der Waals surface area contributed by atoms with Gasteiger partial charge in [-0.3, -0.25) is 20.2 Å². The lowest BCUT2D eigenvalue weighted by atomic mass is 10.1. The number of hydrogen-bond donors (Lipinski definition) is 2. The lowest BCUT2D eigenvalue weighted by Gasteiger charge is -2.09. The normalized spacial score (nSPS) is 13.6. The van der Waals surface area contributed by atoms with E-state index in [0.717, 1.165) is 0 Å². The number of nitrogens with zero attached hydrogens (tertiary/aromatic N) is 2. The molecule has 0 aliphatic rings. The minimum Gasteiger partial charge on any atom is -0.322 e. The molecule has 2 rings (SSSR count). The first-order chi connectivity index (χ1) is 13.3. The molecule has 0 saturated carbocycles. The quantitative estimate of drug-likeness (QED) is 0.339. The second kappa shape index (κ2) is 9.93. The van der Waals surface area contributed by atoms with Crippen molar-refractivity contribution in [2.75, 3.05) is 13.2 Å². The summed E-state index contributed by atoms with van der Waals surface area (Å²) in [4.78, 5) is 20.2. The first-order valence-electron chi connectivity index (χ1n) is 8.01. The number of nitro groups is 2. The van der Waals surface area contributed by atoms with E-state index in [1.807, 2.05) is 0 Å².